The quantitative estimate of drug-likeness (QED) is 0.912. The molecule has 17 heavy (non-hydrogen) atoms. The van der Waals surface area contributed by atoms with Crippen molar-refractivity contribution in [3.05, 3.63) is 23.4 Å². The minimum Gasteiger partial charge on any atom is -0.495 e. The molecule has 2 rings (SSSR count). The second-order valence-corrected chi connectivity index (χ2v) is 3.81. The number of rotatable bonds is 3. The Morgan fingerprint density at radius 3 is 2.53 bits per heavy atom. The van der Waals surface area contributed by atoms with Gasteiger partial charge in [0.15, 0.2) is 0 Å². The maximum atomic E-state index is 6.29. The summed E-state index contributed by atoms with van der Waals surface area (Å²) in [6.45, 7) is 0. The van der Waals surface area contributed by atoms with Gasteiger partial charge in [-0.3, -0.25) is 4.98 Å². The molecular formula is C12H13ClN2O2. The number of nitrogens with zero attached hydrogens (tertiary/aromatic N) is 1. The maximum Gasteiger partial charge on any atom is 0.148 e. The first-order chi connectivity index (χ1) is 8.22. The number of hydrogen-bond donors (Lipinski definition) is 1. The Hall–Kier alpha value is -1.68. The molecular weight excluding hydrogens is 240 g/mol. The van der Waals surface area contributed by atoms with Crippen LogP contribution in [-0.4, -0.2) is 26.3 Å². The smallest absolute Gasteiger partial charge is 0.148 e. The van der Waals surface area contributed by atoms with E-state index in [0.29, 0.717) is 22.0 Å². The van der Waals surface area contributed by atoms with E-state index in [1.807, 2.05) is 13.1 Å². The van der Waals surface area contributed by atoms with Gasteiger partial charge in [-0.15, -0.1) is 0 Å². The molecule has 0 amide bonds. The summed E-state index contributed by atoms with van der Waals surface area (Å²) in [7, 11) is 4.99. The van der Waals surface area contributed by atoms with Gasteiger partial charge in [-0.05, 0) is 6.07 Å². The largest absolute Gasteiger partial charge is 0.495 e. The molecule has 0 bridgehead atoms. The first kappa shape index (κ1) is 11.8. The van der Waals surface area contributed by atoms with Crippen LogP contribution in [0.3, 0.4) is 0 Å². The highest BCUT2D eigenvalue weighted by atomic mass is 35.5. The SMILES string of the molecule is CNc1ccnc2c(OC)cc(OC)c(Cl)c12. The van der Waals surface area contributed by atoms with Crippen molar-refractivity contribution < 1.29 is 9.47 Å². The van der Waals surface area contributed by atoms with Crippen molar-refractivity contribution in [2.75, 3.05) is 26.6 Å². The zero-order valence-corrected chi connectivity index (χ0v) is 10.6. The molecule has 0 spiro atoms. The van der Waals surface area contributed by atoms with Crippen LogP contribution in [-0.2, 0) is 0 Å². The molecule has 0 aliphatic carbocycles. The molecule has 1 heterocycles. The third kappa shape index (κ3) is 1.85. The molecule has 0 saturated heterocycles. The average Bonchev–Trinajstić information content (AvgIpc) is 2.38. The molecule has 0 radical (unpaired) electrons. The molecule has 0 saturated carbocycles. The molecule has 0 atom stereocenters. The highest BCUT2D eigenvalue weighted by Crippen LogP contribution is 2.41. The number of anilines is 1. The number of ether oxygens (including phenoxy) is 2. The Labute approximate surface area is 105 Å². The van der Waals surface area contributed by atoms with Crippen molar-refractivity contribution in [1.29, 1.82) is 0 Å². The Bertz CT molecular complexity index is 558. The highest BCUT2D eigenvalue weighted by Gasteiger charge is 2.15. The van der Waals surface area contributed by atoms with Gasteiger partial charge in [-0.1, -0.05) is 11.6 Å². The van der Waals surface area contributed by atoms with Crippen molar-refractivity contribution in [3.63, 3.8) is 0 Å². The van der Waals surface area contributed by atoms with Crippen LogP contribution in [0.5, 0.6) is 11.5 Å². The van der Waals surface area contributed by atoms with E-state index in [0.717, 1.165) is 11.1 Å². The molecule has 4 nitrogen and oxygen atoms in total. The lowest BCUT2D eigenvalue weighted by molar-refractivity contribution is 0.397. The molecule has 0 aliphatic heterocycles. The second kappa shape index (κ2) is 4.67. The lowest BCUT2D eigenvalue weighted by Gasteiger charge is -2.13. The standard InChI is InChI=1S/C12H13ClN2O2/c1-14-7-4-5-15-12-9(17-3)6-8(16-2)11(13)10(7)12/h4-6H,1-3H3,(H,14,15). The number of fused-ring (bicyclic) bond motifs is 1. The second-order valence-electron chi connectivity index (χ2n) is 3.43. The number of halogens is 1. The monoisotopic (exact) mass is 252 g/mol. The molecule has 0 fully saturated rings. The van der Waals surface area contributed by atoms with Gasteiger partial charge in [-0.2, -0.15) is 0 Å². The molecule has 1 aromatic heterocycles. The molecule has 2 aromatic rings. The predicted octanol–water partition coefficient (Wildman–Crippen LogP) is 2.95. The number of benzene rings is 1. The van der Waals surface area contributed by atoms with Gasteiger partial charge in [0.05, 0.1) is 19.2 Å². The number of pyridine rings is 1. The fourth-order valence-electron chi connectivity index (χ4n) is 1.76. The van der Waals surface area contributed by atoms with Gasteiger partial charge >= 0.3 is 0 Å². The molecule has 0 unspecified atom stereocenters. The normalized spacial score (nSPS) is 10.4. The predicted molar refractivity (Wildman–Crippen MR) is 69.4 cm³/mol. The van der Waals surface area contributed by atoms with E-state index in [9.17, 15) is 0 Å². The molecule has 0 aliphatic rings. The van der Waals surface area contributed by atoms with Gasteiger partial charge in [0, 0.05) is 30.4 Å². The fourth-order valence-corrected chi connectivity index (χ4v) is 2.08. The van der Waals surface area contributed by atoms with Crippen LogP contribution < -0.4 is 14.8 Å². The fraction of sp³-hybridized carbons (Fsp3) is 0.250. The Morgan fingerprint density at radius 2 is 1.94 bits per heavy atom. The van der Waals surface area contributed by atoms with Crippen molar-refractivity contribution in [2.45, 2.75) is 0 Å². The van der Waals surface area contributed by atoms with Gasteiger partial charge in [0.1, 0.15) is 17.0 Å². The van der Waals surface area contributed by atoms with Crippen LogP contribution in [0.15, 0.2) is 18.3 Å². The summed E-state index contributed by atoms with van der Waals surface area (Å²) in [5, 5.41) is 4.41. The van der Waals surface area contributed by atoms with E-state index in [1.54, 1.807) is 26.5 Å². The Balaban J connectivity index is 2.89. The Kier molecular flexibility index (Phi) is 3.24. The molecule has 90 valence electrons. The summed E-state index contributed by atoms with van der Waals surface area (Å²) < 4.78 is 10.5. The van der Waals surface area contributed by atoms with Crippen molar-refractivity contribution >= 4 is 28.2 Å². The third-order valence-corrected chi connectivity index (χ3v) is 2.97. The van der Waals surface area contributed by atoms with Crippen LogP contribution in [0.2, 0.25) is 5.02 Å². The molecule has 1 aromatic carbocycles. The maximum absolute atomic E-state index is 6.29. The summed E-state index contributed by atoms with van der Waals surface area (Å²) in [5.41, 5.74) is 1.60. The van der Waals surface area contributed by atoms with Gasteiger partial charge < -0.3 is 14.8 Å². The highest BCUT2D eigenvalue weighted by molar-refractivity contribution is 6.38. The van der Waals surface area contributed by atoms with Crippen LogP contribution in [0.25, 0.3) is 10.9 Å². The van der Waals surface area contributed by atoms with E-state index < -0.39 is 0 Å². The van der Waals surface area contributed by atoms with Crippen molar-refractivity contribution in [3.8, 4) is 11.5 Å². The number of nitrogens with one attached hydrogen (secondary N) is 1. The minimum absolute atomic E-state index is 0.528. The zero-order chi connectivity index (χ0) is 12.4. The van der Waals surface area contributed by atoms with Gasteiger partial charge in [0.25, 0.3) is 0 Å². The summed E-state index contributed by atoms with van der Waals surface area (Å²) >= 11 is 6.29. The molecule has 1 N–H and O–H groups in total. The topological polar surface area (TPSA) is 43.4 Å². The van der Waals surface area contributed by atoms with E-state index in [-0.39, 0.29) is 0 Å². The third-order valence-electron chi connectivity index (χ3n) is 2.59. The summed E-state index contributed by atoms with van der Waals surface area (Å²) in [6.07, 6.45) is 1.71. The van der Waals surface area contributed by atoms with E-state index >= 15 is 0 Å². The van der Waals surface area contributed by atoms with E-state index in [4.69, 9.17) is 21.1 Å². The number of hydrogen-bond acceptors (Lipinski definition) is 4. The number of aromatic nitrogens is 1. The van der Waals surface area contributed by atoms with Gasteiger partial charge in [-0.25, -0.2) is 0 Å². The first-order valence-corrected chi connectivity index (χ1v) is 5.47. The average molecular weight is 253 g/mol. The summed E-state index contributed by atoms with van der Waals surface area (Å²) in [5.74, 6) is 1.21. The zero-order valence-electron chi connectivity index (χ0n) is 9.87. The first-order valence-electron chi connectivity index (χ1n) is 5.09. The lowest BCUT2D eigenvalue weighted by atomic mass is 10.1. The summed E-state index contributed by atoms with van der Waals surface area (Å²) in [4.78, 5) is 4.29. The van der Waals surface area contributed by atoms with Crippen molar-refractivity contribution in [2.24, 2.45) is 0 Å². The van der Waals surface area contributed by atoms with Crippen LogP contribution >= 0.6 is 11.6 Å². The Morgan fingerprint density at radius 1 is 1.24 bits per heavy atom. The molecule has 5 heteroatoms. The minimum atomic E-state index is 0.528. The van der Waals surface area contributed by atoms with E-state index in [1.165, 1.54) is 0 Å². The lowest BCUT2D eigenvalue weighted by Crippen LogP contribution is -1.96. The van der Waals surface area contributed by atoms with Crippen LogP contribution in [0.4, 0.5) is 5.69 Å². The van der Waals surface area contributed by atoms with Crippen LogP contribution in [0, 0.1) is 0 Å². The summed E-state index contributed by atoms with van der Waals surface area (Å²) in [6, 6.07) is 3.59. The van der Waals surface area contributed by atoms with E-state index in [2.05, 4.69) is 10.3 Å². The van der Waals surface area contributed by atoms with Gasteiger partial charge in [0.2, 0.25) is 0 Å². The van der Waals surface area contributed by atoms with Crippen LogP contribution in [0.1, 0.15) is 0 Å². The van der Waals surface area contributed by atoms with Crippen molar-refractivity contribution in [1.82, 2.24) is 4.98 Å². The number of methoxy groups -OCH3 is 2.